The molecule has 1 aromatic heterocycles. The van der Waals surface area contributed by atoms with Crippen molar-refractivity contribution in [3.8, 4) is 0 Å². The number of anilines is 2. The third kappa shape index (κ3) is 2.84. The first-order valence-corrected chi connectivity index (χ1v) is 6.21. The standard InChI is InChI=1S/C11H10F2N4OS/c1-2-8-16-17-11(19-8)15-10(18)6-3-5(12)4-7(14)9(6)13/h3-4H,2,14H2,1H3,(H,15,17,18). The lowest BCUT2D eigenvalue weighted by Crippen LogP contribution is -2.15. The largest absolute Gasteiger partial charge is 0.396 e. The number of amides is 1. The Kier molecular flexibility index (Phi) is 3.70. The summed E-state index contributed by atoms with van der Waals surface area (Å²) in [7, 11) is 0. The number of carbonyl (C=O) groups excluding carboxylic acids is 1. The lowest BCUT2D eigenvalue weighted by atomic mass is 10.1. The van der Waals surface area contributed by atoms with E-state index in [1.54, 1.807) is 0 Å². The van der Waals surface area contributed by atoms with Gasteiger partial charge in [0.1, 0.15) is 10.8 Å². The van der Waals surface area contributed by atoms with Crippen LogP contribution in [0.2, 0.25) is 0 Å². The maximum absolute atomic E-state index is 13.6. The molecular formula is C11H10F2N4OS. The molecule has 2 aromatic rings. The number of halogens is 2. The van der Waals surface area contributed by atoms with Gasteiger partial charge in [-0.25, -0.2) is 8.78 Å². The summed E-state index contributed by atoms with van der Waals surface area (Å²) in [6.07, 6.45) is 0.675. The Bertz CT molecular complexity index is 629. The molecule has 1 amide bonds. The zero-order valence-electron chi connectivity index (χ0n) is 9.91. The molecule has 0 unspecified atom stereocenters. The molecule has 5 nitrogen and oxygen atoms in total. The molecule has 2 rings (SSSR count). The molecule has 0 spiro atoms. The molecule has 8 heteroatoms. The molecule has 0 saturated carbocycles. The van der Waals surface area contributed by atoms with Crippen LogP contribution in [0, 0.1) is 11.6 Å². The minimum Gasteiger partial charge on any atom is -0.396 e. The lowest BCUT2D eigenvalue weighted by molar-refractivity contribution is 0.102. The quantitative estimate of drug-likeness (QED) is 0.847. The van der Waals surface area contributed by atoms with E-state index in [1.807, 2.05) is 6.92 Å². The zero-order chi connectivity index (χ0) is 14.0. The number of aromatic nitrogens is 2. The second kappa shape index (κ2) is 5.27. The molecular weight excluding hydrogens is 274 g/mol. The van der Waals surface area contributed by atoms with E-state index < -0.39 is 28.8 Å². The summed E-state index contributed by atoms with van der Waals surface area (Å²) in [5.74, 6) is -2.56. The molecule has 0 atom stereocenters. The third-order valence-electron chi connectivity index (χ3n) is 2.30. The summed E-state index contributed by atoms with van der Waals surface area (Å²) < 4.78 is 26.7. The van der Waals surface area contributed by atoms with Crippen LogP contribution in [0.3, 0.4) is 0 Å². The second-order valence-corrected chi connectivity index (χ2v) is 4.73. The van der Waals surface area contributed by atoms with Crippen molar-refractivity contribution in [1.82, 2.24) is 10.2 Å². The van der Waals surface area contributed by atoms with Gasteiger partial charge in [0.15, 0.2) is 5.82 Å². The Morgan fingerprint density at radius 1 is 1.42 bits per heavy atom. The summed E-state index contributed by atoms with van der Waals surface area (Å²) in [6.45, 7) is 1.89. The van der Waals surface area contributed by atoms with E-state index in [0.717, 1.165) is 17.1 Å². The number of rotatable bonds is 3. The first kappa shape index (κ1) is 13.3. The summed E-state index contributed by atoms with van der Waals surface area (Å²) in [4.78, 5) is 11.8. The predicted molar refractivity (Wildman–Crippen MR) is 68.0 cm³/mol. The van der Waals surface area contributed by atoms with E-state index >= 15 is 0 Å². The highest BCUT2D eigenvalue weighted by Crippen LogP contribution is 2.20. The first-order chi connectivity index (χ1) is 9.01. The summed E-state index contributed by atoms with van der Waals surface area (Å²) in [5, 5.41) is 10.8. The number of nitrogens with two attached hydrogens (primary N) is 1. The van der Waals surface area contributed by atoms with Crippen molar-refractivity contribution in [2.24, 2.45) is 0 Å². The number of nitrogen functional groups attached to an aromatic ring is 1. The maximum Gasteiger partial charge on any atom is 0.260 e. The molecule has 0 fully saturated rings. The highest BCUT2D eigenvalue weighted by Gasteiger charge is 2.17. The fourth-order valence-electron chi connectivity index (χ4n) is 1.39. The highest BCUT2D eigenvalue weighted by molar-refractivity contribution is 7.15. The van der Waals surface area contributed by atoms with Crippen molar-refractivity contribution in [2.45, 2.75) is 13.3 Å². The predicted octanol–water partition coefficient (Wildman–Crippen LogP) is 2.21. The number of benzene rings is 1. The Morgan fingerprint density at radius 3 is 2.79 bits per heavy atom. The van der Waals surface area contributed by atoms with Crippen molar-refractivity contribution >= 4 is 28.1 Å². The summed E-state index contributed by atoms with van der Waals surface area (Å²) >= 11 is 1.17. The van der Waals surface area contributed by atoms with E-state index in [4.69, 9.17) is 5.73 Å². The second-order valence-electron chi connectivity index (χ2n) is 3.67. The van der Waals surface area contributed by atoms with Crippen LogP contribution in [-0.2, 0) is 6.42 Å². The van der Waals surface area contributed by atoms with E-state index in [0.29, 0.717) is 6.42 Å². The summed E-state index contributed by atoms with van der Waals surface area (Å²) in [6, 6.07) is 1.59. The number of aryl methyl sites for hydroxylation is 1. The van der Waals surface area contributed by atoms with Gasteiger partial charge in [-0.05, 0) is 18.6 Å². The molecule has 0 bridgehead atoms. The van der Waals surface area contributed by atoms with Crippen molar-refractivity contribution in [3.63, 3.8) is 0 Å². The van der Waals surface area contributed by atoms with Gasteiger partial charge in [-0.15, -0.1) is 10.2 Å². The average molecular weight is 284 g/mol. The average Bonchev–Trinajstić information content (AvgIpc) is 2.81. The molecule has 0 aliphatic heterocycles. The van der Waals surface area contributed by atoms with Crippen LogP contribution in [0.4, 0.5) is 19.6 Å². The minimum absolute atomic E-state index is 0.226. The molecule has 0 aliphatic rings. The SMILES string of the molecule is CCc1nnc(NC(=O)c2cc(F)cc(N)c2F)s1. The van der Waals surface area contributed by atoms with Gasteiger partial charge in [-0.3, -0.25) is 10.1 Å². The van der Waals surface area contributed by atoms with E-state index in [1.165, 1.54) is 11.3 Å². The van der Waals surface area contributed by atoms with Crippen LogP contribution in [0.25, 0.3) is 0 Å². The number of nitrogens with zero attached hydrogens (tertiary/aromatic N) is 2. The van der Waals surface area contributed by atoms with Crippen molar-refractivity contribution < 1.29 is 13.6 Å². The topological polar surface area (TPSA) is 80.9 Å². The number of nitrogens with one attached hydrogen (secondary N) is 1. The van der Waals surface area contributed by atoms with Gasteiger partial charge in [0, 0.05) is 0 Å². The number of hydrogen-bond acceptors (Lipinski definition) is 5. The molecule has 0 aliphatic carbocycles. The van der Waals surface area contributed by atoms with Crippen molar-refractivity contribution in [2.75, 3.05) is 11.1 Å². The van der Waals surface area contributed by atoms with Gasteiger partial charge >= 0.3 is 0 Å². The smallest absolute Gasteiger partial charge is 0.260 e. The Hall–Kier alpha value is -2.09. The van der Waals surface area contributed by atoms with Crippen LogP contribution in [0.15, 0.2) is 12.1 Å². The van der Waals surface area contributed by atoms with Crippen LogP contribution < -0.4 is 11.1 Å². The minimum atomic E-state index is -0.959. The molecule has 19 heavy (non-hydrogen) atoms. The number of carbonyl (C=O) groups is 1. The van der Waals surface area contributed by atoms with E-state index in [2.05, 4.69) is 15.5 Å². The Labute approximate surface area is 111 Å². The van der Waals surface area contributed by atoms with Crippen LogP contribution in [0.1, 0.15) is 22.3 Å². The Balaban J connectivity index is 2.25. The fraction of sp³-hybridized carbons (Fsp3) is 0.182. The molecule has 0 radical (unpaired) electrons. The molecule has 3 N–H and O–H groups in total. The molecule has 100 valence electrons. The third-order valence-corrected chi connectivity index (χ3v) is 3.28. The normalized spacial score (nSPS) is 10.5. The lowest BCUT2D eigenvalue weighted by Gasteiger charge is -2.05. The maximum atomic E-state index is 13.6. The summed E-state index contributed by atoms with van der Waals surface area (Å²) in [5.41, 5.74) is 4.37. The molecule has 1 heterocycles. The van der Waals surface area contributed by atoms with Gasteiger partial charge in [0.25, 0.3) is 5.91 Å². The van der Waals surface area contributed by atoms with Gasteiger partial charge in [-0.2, -0.15) is 0 Å². The molecule has 1 aromatic carbocycles. The molecule has 0 saturated heterocycles. The van der Waals surface area contributed by atoms with Gasteiger partial charge in [0.05, 0.1) is 11.3 Å². The fourth-order valence-corrected chi connectivity index (χ4v) is 2.06. The van der Waals surface area contributed by atoms with Crippen LogP contribution >= 0.6 is 11.3 Å². The monoisotopic (exact) mass is 284 g/mol. The zero-order valence-corrected chi connectivity index (χ0v) is 10.7. The highest BCUT2D eigenvalue weighted by atomic mass is 32.1. The van der Waals surface area contributed by atoms with Gasteiger partial charge in [-0.1, -0.05) is 18.3 Å². The van der Waals surface area contributed by atoms with E-state index in [9.17, 15) is 13.6 Å². The van der Waals surface area contributed by atoms with Gasteiger partial charge < -0.3 is 5.73 Å². The van der Waals surface area contributed by atoms with Gasteiger partial charge in [0.2, 0.25) is 5.13 Å². The van der Waals surface area contributed by atoms with E-state index in [-0.39, 0.29) is 5.13 Å². The Morgan fingerprint density at radius 2 is 2.16 bits per heavy atom. The first-order valence-electron chi connectivity index (χ1n) is 5.39. The van der Waals surface area contributed by atoms with Crippen LogP contribution in [0.5, 0.6) is 0 Å². The van der Waals surface area contributed by atoms with Crippen molar-refractivity contribution in [3.05, 3.63) is 34.3 Å². The van der Waals surface area contributed by atoms with Crippen LogP contribution in [-0.4, -0.2) is 16.1 Å². The number of hydrogen-bond donors (Lipinski definition) is 2. The van der Waals surface area contributed by atoms with Crippen molar-refractivity contribution in [1.29, 1.82) is 0 Å².